The zero-order chi connectivity index (χ0) is 22.8. The summed E-state index contributed by atoms with van der Waals surface area (Å²) in [4.78, 5) is 31.7. The Hall–Kier alpha value is -3.84. The van der Waals surface area contributed by atoms with E-state index in [1.165, 1.54) is 19.1 Å². The molecule has 1 aromatic heterocycles. The molecule has 1 aliphatic rings. The summed E-state index contributed by atoms with van der Waals surface area (Å²) in [6.45, 7) is 0. The van der Waals surface area contributed by atoms with Gasteiger partial charge in [0.25, 0.3) is 11.7 Å². The maximum atomic E-state index is 13.1. The number of ether oxygens (including phenoxy) is 2. The molecule has 1 amide bonds. The van der Waals surface area contributed by atoms with E-state index in [9.17, 15) is 14.7 Å². The Bertz CT molecular complexity index is 1230. The average Bonchev–Trinajstić information content (AvgIpc) is 3.09. The highest BCUT2D eigenvalue weighted by atomic mass is 35.5. The van der Waals surface area contributed by atoms with Crippen molar-refractivity contribution in [2.24, 2.45) is 0 Å². The monoisotopic (exact) mass is 450 g/mol. The van der Waals surface area contributed by atoms with Gasteiger partial charge in [-0.1, -0.05) is 23.7 Å². The molecular formula is C24H19ClN2O5. The molecule has 7 nitrogen and oxygen atoms in total. The number of anilines is 1. The Labute approximate surface area is 189 Å². The molecule has 0 radical (unpaired) electrons. The lowest BCUT2D eigenvalue weighted by atomic mass is 9.96. The van der Waals surface area contributed by atoms with Crippen LogP contribution in [0.4, 0.5) is 5.69 Å². The highest BCUT2D eigenvalue weighted by molar-refractivity contribution is 6.51. The lowest BCUT2D eigenvalue weighted by Crippen LogP contribution is -2.29. The van der Waals surface area contributed by atoms with Gasteiger partial charge in [0, 0.05) is 28.7 Å². The van der Waals surface area contributed by atoms with Crippen LogP contribution in [0, 0.1) is 0 Å². The SMILES string of the molecule is COc1ccc(/C(O)=C2\C(=O)C(=O)N(c3cccc(Cl)c3)C2c2cccnc2)cc1OC. The average molecular weight is 451 g/mol. The van der Waals surface area contributed by atoms with Gasteiger partial charge >= 0.3 is 0 Å². The van der Waals surface area contributed by atoms with Crippen LogP contribution in [0.2, 0.25) is 5.02 Å². The molecule has 3 aromatic rings. The Morgan fingerprint density at radius 2 is 1.81 bits per heavy atom. The fourth-order valence-electron chi connectivity index (χ4n) is 3.72. The van der Waals surface area contributed by atoms with E-state index in [1.807, 2.05) is 0 Å². The molecule has 1 aliphatic heterocycles. The molecule has 0 bridgehead atoms. The molecular weight excluding hydrogens is 432 g/mol. The van der Waals surface area contributed by atoms with Crippen LogP contribution >= 0.6 is 11.6 Å². The molecule has 8 heteroatoms. The van der Waals surface area contributed by atoms with Crippen molar-refractivity contribution in [2.75, 3.05) is 19.1 Å². The van der Waals surface area contributed by atoms with E-state index in [0.29, 0.717) is 33.3 Å². The van der Waals surface area contributed by atoms with Crippen molar-refractivity contribution < 1.29 is 24.2 Å². The minimum absolute atomic E-state index is 0.0600. The number of rotatable bonds is 5. The molecule has 0 aliphatic carbocycles. The van der Waals surface area contributed by atoms with Gasteiger partial charge in [-0.2, -0.15) is 0 Å². The topological polar surface area (TPSA) is 89.0 Å². The van der Waals surface area contributed by atoms with Crippen LogP contribution in [0.25, 0.3) is 5.76 Å². The zero-order valence-electron chi connectivity index (χ0n) is 17.3. The van der Waals surface area contributed by atoms with Gasteiger partial charge in [-0.05, 0) is 48.0 Å². The first-order valence-corrected chi connectivity index (χ1v) is 10.0. The van der Waals surface area contributed by atoms with Gasteiger partial charge in [0.15, 0.2) is 11.5 Å². The number of ketones is 1. The smallest absolute Gasteiger partial charge is 0.300 e. The highest BCUT2D eigenvalue weighted by Crippen LogP contribution is 2.43. The van der Waals surface area contributed by atoms with E-state index in [4.69, 9.17) is 21.1 Å². The molecule has 1 atom stereocenters. The van der Waals surface area contributed by atoms with Gasteiger partial charge in [0.05, 0.1) is 25.8 Å². The molecule has 0 saturated carbocycles. The number of carbonyl (C=O) groups excluding carboxylic acids is 2. The molecule has 0 spiro atoms. The van der Waals surface area contributed by atoms with Gasteiger partial charge < -0.3 is 14.6 Å². The van der Waals surface area contributed by atoms with Gasteiger partial charge in [0.2, 0.25) is 0 Å². The number of benzene rings is 2. The number of hydrogen-bond donors (Lipinski definition) is 1. The minimum atomic E-state index is -0.893. The summed E-state index contributed by atoms with van der Waals surface area (Å²) >= 11 is 6.14. The molecule has 1 fully saturated rings. The fourth-order valence-corrected chi connectivity index (χ4v) is 3.90. The zero-order valence-corrected chi connectivity index (χ0v) is 18.0. The molecule has 2 aromatic carbocycles. The number of methoxy groups -OCH3 is 2. The fraction of sp³-hybridized carbons (Fsp3) is 0.125. The van der Waals surface area contributed by atoms with Crippen molar-refractivity contribution in [2.45, 2.75) is 6.04 Å². The molecule has 1 N–H and O–H groups in total. The summed E-state index contributed by atoms with van der Waals surface area (Å²) in [5.41, 5.74) is 1.24. The number of aliphatic hydroxyl groups excluding tert-OH is 1. The first kappa shape index (κ1) is 21.4. The number of pyridine rings is 1. The second-order valence-corrected chi connectivity index (χ2v) is 7.44. The number of aliphatic hydroxyl groups is 1. The van der Waals surface area contributed by atoms with Crippen LogP contribution in [0.15, 0.2) is 72.6 Å². The first-order chi connectivity index (χ1) is 15.5. The van der Waals surface area contributed by atoms with Crippen molar-refractivity contribution in [3.63, 3.8) is 0 Å². The summed E-state index contributed by atoms with van der Waals surface area (Å²) in [5, 5.41) is 11.6. The second kappa shape index (κ2) is 8.72. The largest absolute Gasteiger partial charge is 0.507 e. The Kier molecular flexibility index (Phi) is 5.83. The maximum Gasteiger partial charge on any atom is 0.300 e. The molecule has 2 heterocycles. The van der Waals surface area contributed by atoms with Crippen LogP contribution in [-0.4, -0.2) is 36.0 Å². The molecule has 32 heavy (non-hydrogen) atoms. The summed E-state index contributed by atoms with van der Waals surface area (Å²) < 4.78 is 10.5. The number of aromatic nitrogens is 1. The van der Waals surface area contributed by atoms with Crippen LogP contribution in [-0.2, 0) is 9.59 Å². The van der Waals surface area contributed by atoms with Gasteiger partial charge in [0.1, 0.15) is 5.76 Å². The number of amides is 1. The molecule has 1 saturated heterocycles. The molecule has 1 unspecified atom stereocenters. The molecule has 4 rings (SSSR count). The minimum Gasteiger partial charge on any atom is -0.507 e. The normalized spacial score (nSPS) is 17.5. The summed E-state index contributed by atoms with van der Waals surface area (Å²) in [6.07, 6.45) is 3.14. The van der Waals surface area contributed by atoms with Crippen LogP contribution < -0.4 is 14.4 Å². The standard InChI is InChI=1S/C24H19ClN2O5/c1-31-18-9-8-14(11-19(18)32-2)22(28)20-21(15-5-4-10-26-13-15)27(24(30)23(20)29)17-7-3-6-16(25)12-17/h3-13,21,28H,1-2H3/b22-20+. The van der Waals surface area contributed by atoms with Crippen molar-refractivity contribution in [3.05, 3.63) is 88.7 Å². The maximum absolute atomic E-state index is 13.1. The third kappa shape index (κ3) is 3.67. The quantitative estimate of drug-likeness (QED) is 0.352. The number of carbonyl (C=O) groups is 2. The number of nitrogens with zero attached hydrogens (tertiary/aromatic N) is 2. The lowest BCUT2D eigenvalue weighted by molar-refractivity contribution is -0.132. The predicted octanol–water partition coefficient (Wildman–Crippen LogP) is 4.38. The van der Waals surface area contributed by atoms with Crippen LogP contribution in [0.3, 0.4) is 0 Å². The van der Waals surface area contributed by atoms with Gasteiger partial charge in [-0.25, -0.2) is 0 Å². The van der Waals surface area contributed by atoms with Crippen molar-refractivity contribution in [3.8, 4) is 11.5 Å². The van der Waals surface area contributed by atoms with Crippen LogP contribution in [0.1, 0.15) is 17.2 Å². The van der Waals surface area contributed by atoms with Crippen molar-refractivity contribution >= 4 is 34.7 Å². The van der Waals surface area contributed by atoms with E-state index in [-0.39, 0.29) is 11.3 Å². The van der Waals surface area contributed by atoms with Crippen molar-refractivity contribution in [1.82, 2.24) is 4.98 Å². The Balaban J connectivity index is 1.93. The summed E-state index contributed by atoms with van der Waals surface area (Å²) in [7, 11) is 2.96. The first-order valence-electron chi connectivity index (χ1n) is 9.65. The second-order valence-electron chi connectivity index (χ2n) is 7.01. The number of halogens is 1. The summed E-state index contributed by atoms with van der Waals surface area (Å²) in [6, 6.07) is 13.9. The van der Waals surface area contributed by atoms with Gasteiger partial charge in [-0.15, -0.1) is 0 Å². The van der Waals surface area contributed by atoms with Gasteiger partial charge in [-0.3, -0.25) is 19.5 Å². The van der Waals surface area contributed by atoms with E-state index >= 15 is 0 Å². The third-order valence-electron chi connectivity index (χ3n) is 5.19. The number of Topliss-reactive ketones (excluding diaryl/α,β-unsaturated/α-hetero) is 1. The lowest BCUT2D eigenvalue weighted by Gasteiger charge is -2.25. The highest BCUT2D eigenvalue weighted by Gasteiger charge is 2.47. The third-order valence-corrected chi connectivity index (χ3v) is 5.42. The number of hydrogen-bond acceptors (Lipinski definition) is 6. The van der Waals surface area contributed by atoms with E-state index < -0.39 is 17.7 Å². The van der Waals surface area contributed by atoms with Crippen LogP contribution in [0.5, 0.6) is 11.5 Å². The Morgan fingerprint density at radius 1 is 1.03 bits per heavy atom. The van der Waals surface area contributed by atoms with E-state index in [2.05, 4.69) is 4.98 Å². The van der Waals surface area contributed by atoms with E-state index in [0.717, 1.165) is 0 Å². The summed E-state index contributed by atoms with van der Waals surface area (Å²) in [5.74, 6) is -1.08. The van der Waals surface area contributed by atoms with E-state index in [1.54, 1.807) is 67.0 Å². The van der Waals surface area contributed by atoms with Crippen molar-refractivity contribution in [1.29, 1.82) is 0 Å². The predicted molar refractivity (Wildman–Crippen MR) is 120 cm³/mol. The molecule has 162 valence electrons. The Morgan fingerprint density at radius 3 is 2.47 bits per heavy atom.